The lowest BCUT2D eigenvalue weighted by Crippen LogP contribution is -2.23. The molecule has 2 heterocycles. The lowest BCUT2D eigenvalue weighted by Gasteiger charge is -2.15. The average Bonchev–Trinajstić information content (AvgIpc) is 3.25. The molecule has 4 rings (SSSR count). The summed E-state index contributed by atoms with van der Waals surface area (Å²) in [7, 11) is 0. The summed E-state index contributed by atoms with van der Waals surface area (Å²) in [6, 6.07) is 16.7. The van der Waals surface area contributed by atoms with E-state index >= 15 is 0 Å². The van der Waals surface area contributed by atoms with E-state index in [9.17, 15) is 9.59 Å². The summed E-state index contributed by atoms with van der Waals surface area (Å²) in [5.41, 5.74) is 3.52. The molecular formula is C22H21N3O3. The molecule has 0 N–H and O–H groups in total. The number of benzene rings is 2. The first-order chi connectivity index (χ1) is 13.5. The summed E-state index contributed by atoms with van der Waals surface area (Å²) in [4.78, 5) is 26.4. The number of aryl methyl sites for hydroxylation is 1. The maximum Gasteiger partial charge on any atom is 0.347 e. The number of rotatable bonds is 4. The van der Waals surface area contributed by atoms with Gasteiger partial charge in [0.05, 0.1) is 17.1 Å². The van der Waals surface area contributed by atoms with Gasteiger partial charge < -0.3 is 9.64 Å². The number of nitrogens with zero attached hydrogens (tertiary/aromatic N) is 3. The van der Waals surface area contributed by atoms with Gasteiger partial charge in [-0.15, -0.1) is 0 Å². The number of carbonyl (C=O) groups excluding carboxylic acids is 2. The monoisotopic (exact) mass is 375 g/mol. The van der Waals surface area contributed by atoms with Crippen LogP contribution in [0, 0.1) is 13.8 Å². The molecule has 6 heteroatoms. The van der Waals surface area contributed by atoms with E-state index in [1.807, 2.05) is 37.3 Å². The molecule has 2 aromatic carbocycles. The molecule has 0 radical (unpaired) electrons. The Morgan fingerprint density at radius 1 is 1.00 bits per heavy atom. The third-order valence-electron chi connectivity index (χ3n) is 4.93. The normalized spacial score (nSPS) is 13.8. The molecule has 0 bridgehead atoms. The van der Waals surface area contributed by atoms with Crippen LogP contribution >= 0.6 is 0 Å². The van der Waals surface area contributed by atoms with Gasteiger partial charge in [0.1, 0.15) is 11.3 Å². The van der Waals surface area contributed by atoms with Crippen LogP contribution in [0.15, 0.2) is 54.6 Å². The summed E-state index contributed by atoms with van der Waals surface area (Å²) in [5.74, 6) is 0.123. The first-order valence-electron chi connectivity index (χ1n) is 9.29. The van der Waals surface area contributed by atoms with Crippen molar-refractivity contribution in [3.05, 3.63) is 71.5 Å². The van der Waals surface area contributed by atoms with Crippen molar-refractivity contribution >= 4 is 17.6 Å². The van der Waals surface area contributed by atoms with Gasteiger partial charge in [0.15, 0.2) is 0 Å². The minimum Gasteiger partial charge on any atom is -0.423 e. The highest BCUT2D eigenvalue weighted by Crippen LogP contribution is 2.25. The van der Waals surface area contributed by atoms with Crippen molar-refractivity contribution in [2.75, 3.05) is 11.4 Å². The molecule has 1 amide bonds. The molecule has 0 saturated carbocycles. The van der Waals surface area contributed by atoms with Crippen LogP contribution in [0.5, 0.6) is 5.75 Å². The minimum absolute atomic E-state index is 0.129. The summed E-state index contributed by atoms with van der Waals surface area (Å²) >= 11 is 0. The zero-order chi connectivity index (χ0) is 19.7. The molecule has 0 aliphatic carbocycles. The standard InChI is InChI=1S/C22H21N3O3/c1-15-21(16(2)25(23-15)18-7-4-3-5-8-18)22(27)28-19-12-10-17(11-13-19)24-14-6-9-20(24)26/h3-5,7-8,10-13H,6,9,14H2,1-2H3. The molecule has 1 aliphatic heterocycles. The van der Waals surface area contributed by atoms with E-state index in [-0.39, 0.29) is 5.91 Å². The van der Waals surface area contributed by atoms with Crippen molar-refractivity contribution in [3.63, 3.8) is 0 Å². The average molecular weight is 375 g/mol. The zero-order valence-electron chi connectivity index (χ0n) is 15.9. The van der Waals surface area contributed by atoms with Crippen molar-refractivity contribution in [2.45, 2.75) is 26.7 Å². The Balaban J connectivity index is 1.54. The number of ether oxygens (including phenoxy) is 1. The second kappa shape index (κ2) is 7.31. The van der Waals surface area contributed by atoms with E-state index in [1.54, 1.807) is 40.8 Å². The highest BCUT2D eigenvalue weighted by atomic mass is 16.5. The summed E-state index contributed by atoms with van der Waals surface area (Å²) < 4.78 is 7.30. The molecule has 6 nitrogen and oxygen atoms in total. The SMILES string of the molecule is Cc1nn(-c2ccccc2)c(C)c1C(=O)Oc1ccc(N2CCCC2=O)cc1. The zero-order valence-corrected chi connectivity index (χ0v) is 15.9. The predicted octanol–water partition coefficient (Wildman–Crippen LogP) is 3.84. The molecule has 3 aromatic rings. The Morgan fingerprint density at radius 2 is 1.71 bits per heavy atom. The molecule has 1 fully saturated rings. The van der Waals surface area contributed by atoms with Crippen LogP contribution in [-0.4, -0.2) is 28.2 Å². The van der Waals surface area contributed by atoms with E-state index in [0.717, 1.165) is 30.0 Å². The van der Waals surface area contributed by atoms with E-state index in [1.165, 1.54) is 0 Å². The highest BCUT2D eigenvalue weighted by Gasteiger charge is 2.23. The Labute approximate surface area is 163 Å². The number of hydrogen-bond acceptors (Lipinski definition) is 4. The van der Waals surface area contributed by atoms with Crippen LogP contribution in [0.2, 0.25) is 0 Å². The molecule has 0 unspecified atom stereocenters. The molecule has 0 atom stereocenters. The lowest BCUT2D eigenvalue weighted by atomic mass is 10.2. The lowest BCUT2D eigenvalue weighted by molar-refractivity contribution is -0.117. The van der Waals surface area contributed by atoms with Gasteiger partial charge in [0.2, 0.25) is 5.91 Å². The Hall–Kier alpha value is -3.41. The third-order valence-corrected chi connectivity index (χ3v) is 4.93. The molecule has 1 aromatic heterocycles. The van der Waals surface area contributed by atoms with Crippen LogP contribution in [0.3, 0.4) is 0 Å². The van der Waals surface area contributed by atoms with Gasteiger partial charge in [-0.25, -0.2) is 9.48 Å². The molecule has 142 valence electrons. The van der Waals surface area contributed by atoms with E-state index in [4.69, 9.17) is 4.74 Å². The van der Waals surface area contributed by atoms with Crippen molar-refractivity contribution in [1.82, 2.24) is 9.78 Å². The van der Waals surface area contributed by atoms with Gasteiger partial charge in [-0.3, -0.25) is 4.79 Å². The smallest absolute Gasteiger partial charge is 0.347 e. The second-order valence-electron chi connectivity index (χ2n) is 6.83. The second-order valence-corrected chi connectivity index (χ2v) is 6.83. The topological polar surface area (TPSA) is 64.4 Å². The molecule has 0 spiro atoms. The number of esters is 1. The van der Waals surface area contributed by atoms with Crippen LogP contribution in [0.4, 0.5) is 5.69 Å². The summed E-state index contributed by atoms with van der Waals surface area (Å²) in [5, 5.41) is 4.49. The van der Waals surface area contributed by atoms with Crippen molar-refractivity contribution in [3.8, 4) is 11.4 Å². The fourth-order valence-corrected chi connectivity index (χ4v) is 3.53. The molecule has 1 saturated heterocycles. The van der Waals surface area contributed by atoms with Crippen LogP contribution in [0.25, 0.3) is 5.69 Å². The minimum atomic E-state index is -0.442. The number of para-hydroxylation sites is 1. The van der Waals surface area contributed by atoms with Gasteiger partial charge >= 0.3 is 5.97 Å². The Bertz CT molecular complexity index is 1020. The van der Waals surface area contributed by atoms with Crippen LogP contribution < -0.4 is 9.64 Å². The summed E-state index contributed by atoms with van der Waals surface area (Å²) in [6.45, 7) is 4.38. The highest BCUT2D eigenvalue weighted by molar-refractivity contribution is 5.96. The number of amides is 1. The number of aromatic nitrogens is 2. The molecule has 28 heavy (non-hydrogen) atoms. The fourth-order valence-electron chi connectivity index (χ4n) is 3.53. The van der Waals surface area contributed by atoms with Crippen molar-refractivity contribution < 1.29 is 14.3 Å². The van der Waals surface area contributed by atoms with E-state index in [0.29, 0.717) is 23.4 Å². The van der Waals surface area contributed by atoms with Crippen molar-refractivity contribution in [2.24, 2.45) is 0 Å². The maximum absolute atomic E-state index is 12.8. The van der Waals surface area contributed by atoms with Gasteiger partial charge in [0.25, 0.3) is 0 Å². The van der Waals surface area contributed by atoms with Crippen molar-refractivity contribution in [1.29, 1.82) is 0 Å². The van der Waals surface area contributed by atoms with E-state index < -0.39 is 5.97 Å². The third kappa shape index (κ3) is 3.29. The number of hydrogen-bond donors (Lipinski definition) is 0. The maximum atomic E-state index is 12.8. The summed E-state index contributed by atoms with van der Waals surface area (Å²) in [6.07, 6.45) is 1.46. The first-order valence-corrected chi connectivity index (χ1v) is 9.29. The first kappa shape index (κ1) is 18.0. The Morgan fingerprint density at radius 3 is 2.36 bits per heavy atom. The van der Waals surface area contributed by atoms with Gasteiger partial charge in [-0.2, -0.15) is 5.10 Å². The van der Waals surface area contributed by atoms with Gasteiger partial charge in [-0.05, 0) is 56.7 Å². The van der Waals surface area contributed by atoms with Gasteiger partial charge in [-0.1, -0.05) is 18.2 Å². The predicted molar refractivity (Wildman–Crippen MR) is 106 cm³/mol. The number of carbonyl (C=O) groups is 2. The Kier molecular flexibility index (Phi) is 4.69. The largest absolute Gasteiger partial charge is 0.423 e. The quantitative estimate of drug-likeness (QED) is 0.513. The van der Waals surface area contributed by atoms with Crippen LogP contribution in [-0.2, 0) is 4.79 Å². The molecule has 1 aliphatic rings. The van der Waals surface area contributed by atoms with Gasteiger partial charge in [0, 0.05) is 18.7 Å². The number of anilines is 1. The fraction of sp³-hybridized carbons (Fsp3) is 0.227. The van der Waals surface area contributed by atoms with Crippen LogP contribution in [0.1, 0.15) is 34.6 Å². The van der Waals surface area contributed by atoms with E-state index in [2.05, 4.69) is 5.10 Å². The molecular weight excluding hydrogens is 354 g/mol.